The first-order chi connectivity index (χ1) is 6.76. The number of methoxy groups -OCH3 is 1. The summed E-state index contributed by atoms with van der Waals surface area (Å²) in [6.07, 6.45) is -0.945. The number of nitrogens with one attached hydrogen (secondary N) is 1. The van der Waals surface area contributed by atoms with E-state index in [9.17, 15) is 14.7 Å². The minimum Gasteiger partial charge on any atom is -0.467 e. The second kappa shape index (κ2) is 5.70. The van der Waals surface area contributed by atoms with Crippen LogP contribution in [0.2, 0.25) is 0 Å². The van der Waals surface area contributed by atoms with E-state index in [1.54, 1.807) is 0 Å². The largest absolute Gasteiger partial charge is 0.467 e. The first kappa shape index (κ1) is 13.9. The van der Waals surface area contributed by atoms with E-state index in [-0.39, 0.29) is 17.9 Å². The first-order valence-electron chi connectivity index (χ1n) is 4.79. The molecule has 0 aliphatic carbocycles. The van der Waals surface area contributed by atoms with Crippen molar-refractivity contribution in [3.63, 3.8) is 0 Å². The molecular formula is C10H19NO4. The Hall–Kier alpha value is -1.10. The second-order valence-corrected chi connectivity index (χ2v) is 4.58. The minimum atomic E-state index is -1.29. The van der Waals surface area contributed by atoms with Crippen LogP contribution in [0.4, 0.5) is 0 Å². The predicted molar refractivity (Wildman–Crippen MR) is 55.1 cm³/mol. The van der Waals surface area contributed by atoms with Gasteiger partial charge in [-0.05, 0) is 5.41 Å². The van der Waals surface area contributed by atoms with Crippen molar-refractivity contribution >= 4 is 11.9 Å². The van der Waals surface area contributed by atoms with Gasteiger partial charge < -0.3 is 15.2 Å². The maximum absolute atomic E-state index is 11.3. The van der Waals surface area contributed by atoms with Gasteiger partial charge in [0.25, 0.3) is 0 Å². The molecule has 0 bridgehead atoms. The molecular weight excluding hydrogens is 198 g/mol. The fraction of sp³-hybridized carbons (Fsp3) is 0.800. The average molecular weight is 217 g/mol. The summed E-state index contributed by atoms with van der Waals surface area (Å²) >= 11 is 0. The zero-order chi connectivity index (χ0) is 12.1. The fourth-order valence-electron chi connectivity index (χ4n) is 0.974. The van der Waals surface area contributed by atoms with Crippen molar-refractivity contribution < 1.29 is 19.4 Å². The number of aliphatic hydroxyl groups excluding tert-OH is 1. The summed E-state index contributed by atoms with van der Waals surface area (Å²) in [6.45, 7) is 5.69. The van der Waals surface area contributed by atoms with Gasteiger partial charge in [0.15, 0.2) is 6.10 Å². The van der Waals surface area contributed by atoms with E-state index in [1.165, 1.54) is 7.11 Å². The predicted octanol–water partition coefficient (Wildman–Crippen LogP) is 0.0727. The number of esters is 1. The number of hydrogen-bond acceptors (Lipinski definition) is 4. The first-order valence-corrected chi connectivity index (χ1v) is 4.79. The molecule has 0 saturated heterocycles. The molecule has 0 saturated carbocycles. The van der Waals surface area contributed by atoms with Crippen LogP contribution in [0.3, 0.4) is 0 Å². The summed E-state index contributed by atoms with van der Waals surface area (Å²) < 4.78 is 4.30. The van der Waals surface area contributed by atoms with E-state index in [1.807, 2.05) is 20.8 Å². The third kappa shape index (κ3) is 6.90. The standard InChI is InChI=1S/C10H19NO4/c1-10(2,3)5-8(13)11-6-7(12)9(14)15-4/h7,12H,5-6H2,1-4H3,(H,11,13). The van der Waals surface area contributed by atoms with Crippen molar-refractivity contribution in [3.05, 3.63) is 0 Å². The number of ether oxygens (including phenoxy) is 1. The number of carbonyl (C=O) groups excluding carboxylic acids is 2. The molecule has 2 N–H and O–H groups in total. The Morgan fingerprint density at radius 1 is 1.40 bits per heavy atom. The molecule has 0 aliphatic heterocycles. The Balaban J connectivity index is 3.86. The number of aliphatic hydroxyl groups is 1. The van der Waals surface area contributed by atoms with Crippen LogP contribution in [0.25, 0.3) is 0 Å². The Bertz CT molecular complexity index is 232. The van der Waals surface area contributed by atoms with Gasteiger partial charge in [-0.15, -0.1) is 0 Å². The van der Waals surface area contributed by atoms with Gasteiger partial charge >= 0.3 is 5.97 Å². The third-order valence-electron chi connectivity index (χ3n) is 1.66. The molecule has 15 heavy (non-hydrogen) atoms. The monoisotopic (exact) mass is 217 g/mol. The molecule has 0 radical (unpaired) electrons. The number of rotatable bonds is 4. The maximum Gasteiger partial charge on any atom is 0.336 e. The van der Waals surface area contributed by atoms with Gasteiger partial charge in [-0.25, -0.2) is 4.79 Å². The lowest BCUT2D eigenvalue weighted by Gasteiger charge is -2.17. The SMILES string of the molecule is COC(=O)C(O)CNC(=O)CC(C)(C)C. The molecule has 1 unspecified atom stereocenters. The molecule has 0 aliphatic rings. The molecule has 1 amide bonds. The summed E-state index contributed by atoms with van der Waals surface area (Å²) in [6, 6.07) is 0. The van der Waals surface area contributed by atoms with Gasteiger partial charge in [-0.3, -0.25) is 4.79 Å². The van der Waals surface area contributed by atoms with E-state index >= 15 is 0 Å². The van der Waals surface area contributed by atoms with Crippen molar-refractivity contribution in [2.24, 2.45) is 5.41 Å². The van der Waals surface area contributed by atoms with Crippen molar-refractivity contribution in [1.29, 1.82) is 0 Å². The van der Waals surface area contributed by atoms with Crippen LogP contribution in [0.15, 0.2) is 0 Å². The van der Waals surface area contributed by atoms with Gasteiger partial charge in [-0.2, -0.15) is 0 Å². The zero-order valence-electron chi connectivity index (χ0n) is 9.66. The van der Waals surface area contributed by atoms with Gasteiger partial charge in [0, 0.05) is 6.42 Å². The Kier molecular flexibility index (Phi) is 5.28. The molecule has 1 atom stereocenters. The molecule has 0 rings (SSSR count). The Morgan fingerprint density at radius 3 is 2.33 bits per heavy atom. The van der Waals surface area contributed by atoms with E-state index in [0.29, 0.717) is 6.42 Å². The molecule has 0 fully saturated rings. The van der Waals surface area contributed by atoms with Crippen LogP contribution in [0, 0.1) is 5.41 Å². The van der Waals surface area contributed by atoms with Gasteiger partial charge in [-0.1, -0.05) is 20.8 Å². The van der Waals surface area contributed by atoms with E-state index in [4.69, 9.17) is 0 Å². The lowest BCUT2D eigenvalue weighted by Crippen LogP contribution is -2.38. The van der Waals surface area contributed by atoms with Crippen molar-refractivity contribution in [1.82, 2.24) is 5.32 Å². The fourth-order valence-corrected chi connectivity index (χ4v) is 0.974. The topological polar surface area (TPSA) is 75.6 Å². The minimum absolute atomic E-state index is 0.110. The van der Waals surface area contributed by atoms with Crippen LogP contribution < -0.4 is 5.32 Å². The van der Waals surface area contributed by atoms with E-state index < -0.39 is 12.1 Å². The van der Waals surface area contributed by atoms with Gasteiger partial charge in [0.2, 0.25) is 5.91 Å². The van der Waals surface area contributed by atoms with Crippen LogP contribution in [-0.2, 0) is 14.3 Å². The van der Waals surface area contributed by atoms with Crippen molar-refractivity contribution in [3.8, 4) is 0 Å². The molecule has 0 aromatic carbocycles. The number of hydrogen-bond donors (Lipinski definition) is 2. The maximum atomic E-state index is 11.3. The molecule has 0 aromatic rings. The number of carbonyl (C=O) groups is 2. The van der Waals surface area contributed by atoms with Crippen LogP contribution in [-0.4, -0.2) is 36.7 Å². The highest BCUT2D eigenvalue weighted by Crippen LogP contribution is 2.17. The lowest BCUT2D eigenvalue weighted by molar-refractivity contribution is -0.150. The third-order valence-corrected chi connectivity index (χ3v) is 1.66. The van der Waals surface area contributed by atoms with E-state index in [0.717, 1.165) is 0 Å². The van der Waals surface area contributed by atoms with E-state index in [2.05, 4.69) is 10.1 Å². The molecule has 88 valence electrons. The quantitative estimate of drug-likeness (QED) is 0.653. The highest BCUT2D eigenvalue weighted by atomic mass is 16.5. The molecule has 0 heterocycles. The summed E-state index contributed by atoms with van der Waals surface area (Å²) in [5.41, 5.74) is -0.111. The number of amides is 1. The highest BCUT2D eigenvalue weighted by Gasteiger charge is 2.19. The van der Waals surface area contributed by atoms with Gasteiger partial charge in [0.1, 0.15) is 0 Å². The average Bonchev–Trinajstić information content (AvgIpc) is 2.10. The highest BCUT2D eigenvalue weighted by molar-refractivity contribution is 5.79. The molecule has 5 heteroatoms. The van der Waals surface area contributed by atoms with Crippen LogP contribution in [0.5, 0.6) is 0 Å². The summed E-state index contributed by atoms with van der Waals surface area (Å²) in [7, 11) is 1.18. The van der Waals surface area contributed by atoms with Crippen LogP contribution in [0.1, 0.15) is 27.2 Å². The van der Waals surface area contributed by atoms with Crippen molar-refractivity contribution in [2.45, 2.75) is 33.3 Å². The molecule has 0 aromatic heterocycles. The molecule has 5 nitrogen and oxygen atoms in total. The van der Waals surface area contributed by atoms with Crippen molar-refractivity contribution in [2.75, 3.05) is 13.7 Å². The molecule has 0 spiro atoms. The normalized spacial score (nSPS) is 13.1. The summed E-state index contributed by atoms with van der Waals surface area (Å²) in [4.78, 5) is 22.1. The zero-order valence-corrected chi connectivity index (χ0v) is 9.66. The lowest BCUT2D eigenvalue weighted by atomic mass is 9.92. The van der Waals surface area contributed by atoms with Crippen LogP contribution >= 0.6 is 0 Å². The summed E-state index contributed by atoms with van der Waals surface area (Å²) in [5, 5.41) is 11.6. The smallest absolute Gasteiger partial charge is 0.336 e. The van der Waals surface area contributed by atoms with Gasteiger partial charge in [0.05, 0.1) is 13.7 Å². The Morgan fingerprint density at radius 2 is 1.93 bits per heavy atom. The summed E-state index contributed by atoms with van der Waals surface area (Å²) in [5.74, 6) is -0.934. The second-order valence-electron chi connectivity index (χ2n) is 4.58. The Labute approximate surface area is 89.8 Å².